The van der Waals surface area contributed by atoms with Crippen molar-refractivity contribution in [2.45, 2.75) is 70.6 Å². The lowest BCUT2D eigenvalue weighted by atomic mass is 9.43. The Kier molecular flexibility index (Phi) is 5.32. The number of hydrogen-bond donors (Lipinski definition) is 5. The van der Waals surface area contributed by atoms with Crippen molar-refractivity contribution in [1.29, 1.82) is 0 Å². The van der Waals surface area contributed by atoms with Crippen LogP contribution in [0.15, 0.2) is 17.7 Å². The molecule has 1 unspecified atom stereocenters. The molecule has 0 heterocycles. The summed E-state index contributed by atoms with van der Waals surface area (Å²) in [7, 11) is 0. The van der Waals surface area contributed by atoms with E-state index in [0.29, 0.717) is 6.29 Å². The van der Waals surface area contributed by atoms with Crippen molar-refractivity contribution in [1.82, 2.24) is 0 Å². The minimum absolute atomic E-state index is 0.0861. The van der Waals surface area contributed by atoms with Gasteiger partial charge in [-0.05, 0) is 42.9 Å². The molecule has 6 atom stereocenters. The SMILES string of the molecule is Cc1c(Cl)c(CO)cc(O)c1C(=O)O[C@@H]1C[C@]2(C)C3[C@@H](O)C(C)(C)C[C@@]3(O)C=C(C=O)[C@]12O. The Labute approximate surface area is 196 Å². The molecule has 2 saturated carbocycles. The van der Waals surface area contributed by atoms with Gasteiger partial charge >= 0.3 is 5.97 Å². The van der Waals surface area contributed by atoms with Crippen LogP contribution in [0.2, 0.25) is 5.02 Å². The van der Waals surface area contributed by atoms with Gasteiger partial charge in [-0.25, -0.2) is 4.79 Å². The lowest BCUT2D eigenvalue weighted by Gasteiger charge is -2.66. The molecular weight excluding hydrogens is 452 g/mol. The zero-order valence-corrected chi connectivity index (χ0v) is 19.7. The topological polar surface area (TPSA) is 145 Å². The maximum atomic E-state index is 13.0. The predicted octanol–water partition coefficient (Wildman–Crippen LogP) is 1.79. The molecule has 1 aromatic rings. The molecule has 4 rings (SSSR count). The van der Waals surface area contributed by atoms with E-state index in [4.69, 9.17) is 16.3 Å². The smallest absolute Gasteiger partial charge is 0.342 e. The lowest BCUT2D eigenvalue weighted by Crippen LogP contribution is -2.76. The second-order valence-corrected chi connectivity index (χ2v) is 11.0. The third-order valence-corrected chi connectivity index (χ3v) is 8.70. The lowest BCUT2D eigenvalue weighted by molar-refractivity contribution is -0.272. The Bertz CT molecular complexity index is 1080. The molecule has 9 heteroatoms. The van der Waals surface area contributed by atoms with Crippen molar-refractivity contribution < 1.29 is 39.9 Å². The van der Waals surface area contributed by atoms with Crippen LogP contribution in [0.1, 0.15) is 55.1 Å². The summed E-state index contributed by atoms with van der Waals surface area (Å²) in [6.45, 7) is 6.36. The second-order valence-electron chi connectivity index (χ2n) is 10.6. The molecule has 3 aliphatic rings. The van der Waals surface area contributed by atoms with Crippen molar-refractivity contribution in [3.05, 3.63) is 39.4 Å². The van der Waals surface area contributed by atoms with E-state index in [2.05, 4.69) is 0 Å². The molecule has 0 aliphatic heterocycles. The number of halogens is 1. The van der Waals surface area contributed by atoms with E-state index in [-0.39, 0.29) is 40.1 Å². The van der Waals surface area contributed by atoms with E-state index in [0.717, 1.165) is 0 Å². The first-order valence-corrected chi connectivity index (χ1v) is 11.2. The number of aliphatic hydroxyl groups is 4. The van der Waals surface area contributed by atoms with Gasteiger partial charge in [0.2, 0.25) is 0 Å². The second kappa shape index (κ2) is 7.26. The fourth-order valence-electron chi connectivity index (χ4n) is 6.55. The first-order valence-electron chi connectivity index (χ1n) is 10.8. The molecule has 0 amide bonds. The highest BCUT2D eigenvalue weighted by molar-refractivity contribution is 6.32. The van der Waals surface area contributed by atoms with E-state index in [1.165, 1.54) is 19.1 Å². The van der Waals surface area contributed by atoms with Crippen molar-refractivity contribution >= 4 is 23.9 Å². The first-order chi connectivity index (χ1) is 15.2. The van der Waals surface area contributed by atoms with Gasteiger partial charge < -0.3 is 30.3 Å². The number of phenolic OH excluding ortho intramolecular Hbond substituents is 1. The van der Waals surface area contributed by atoms with E-state index in [1.807, 2.05) is 13.8 Å². The highest BCUT2D eigenvalue weighted by Crippen LogP contribution is 2.69. The van der Waals surface area contributed by atoms with Crippen LogP contribution in [-0.4, -0.2) is 61.2 Å². The molecule has 1 aromatic carbocycles. The number of esters is 1. The van der Waals surface area contributed by atoms with Crippen LogP contribution < -0.4 is 0 Å². The fraction of sp³-hybridized carbons (Fsp3) is 0.583. The number of fused-ring (bicyclic) bond motifs is 3. The van der Waals surface area contributed by atoms with Gasteiger partial charge in [-0.15, -0.1) is 0 Å². The molecule has 33 heavy (non-hydrogen) atoms. The van der Waals surface area contributed by atoms with Crippen molar-refractivity contribution in [3.63, 3.8) is 0 Å². The molecule has 0 radical (unpaired) electrons. The van der Waals surface area contributed by atoms with Gasteiger partial charge in [0.05, 0.1) is 23.3 Å². The van der Waals surface area contributed by atoms with Gasteiger partial charge in [0.1, 0.15) is 29.3 Å². The maximum absolute atomic E-state index is 13.0. The van der Waals surface area contributed by atoms with E-state index < -0.39 is 58.5 Å². The average molecular weight is 481 g/mol. The summed E-state index contributed by atoms with van der Waals surface area (Å²) >= 11 is 6.18. The summed E-state index contributed by atoms with van der Waals surface area (Å²) in [5.41, 5.74) is -5.08. The van der Waals surface area contributed by atoms with Crippen LogP contribution in [0.4, 0.5) is 0 Å². The Balaban J connectivity index is 1.71. The Morgan fingerprint density at radius 2 is 1.94 bits per heavy atom. The maximum Gasteiger partial charge on any atom is 0.342 e. The van der Waals surface area contributed by atoms with Gasteiger partial charge in [0.25, 0.3) is 0 Å². The summed E-state index contributed by atoms with van der Waals surface area (Å²) in [4.78, 5) is 25.0. The van der Waals surface area contributed by atoms with Crippen LogP contribution in [0, 0.1) is 23.7 Å². The van der Waals surface area contributed by atoms with Crippen LogP contribution in [0.25, 0.3) is 0 Å². The average Bonchev–Trinajstić information content (AvgIpc) is 2.91. The Morgan fingerprint density at radius 1 is 1.30 bits per heavy atom. The molecule has 0 spiro atoms. The molecule has 180 valence electrons. The minimum Gasteiger partial charge on any atom is -0.507 e. The zero-order valence-electron chi connectivity index (χ0n) is 18.9. The number of benzene rings is 1. The van der Waals surface area contributed by atoms with Crippen LogP contribution >= 0.6 is 11.6 Å². The molecule has 5 N–H and O–H groups in total. The van der Waals surface area contributed by atoms with Gasteiger partial charge in [0, 0.05) is 22.5 Å². The van der Waals surface area contributed by atoms with Crippen molar-refractivity contribution in [2.24, 2.45) is 16.7 Å². The van der Waals surface area contributed by atoms with Gasteiger partial charge in [0.15, 0.2) is 0 Å². The number of phenols is 1. The standard InChI is InChI=1S/C24H29ClO8/c1-11-16(14(28)5-12(8-26)17(11)25)20(30)33-15-7-22(4)18-19(29)21(2,3)10-23(18,31)6-13(9-27)24(15,22)32/h5-6,9,15,18-19,26,28-29,31-32H,7-8,10H2,1-4H3/t15-,18?,19-,22-,23+,24+/m1/s1. The number of aldehydes is 1. The predicted molar refractivity (Wildman–Crippen MR) is 118 cm³/mol. The summed E-state index contributed by atoms with van der Waals surface area (Å²) in [6, 6.07) is 1.17. The quantitative estimate of drug-likeness (QED) is 0.324. The normalized spacial score (nSPS) is 38.6. The number of aliphatic hydroxyl groups excluding tert-OH is 2. The highest BCUT2D eigenvalue weighted by atomic mass is 35.5. The molecule has 2 fully saturated rings. The number of rotatable bonds is 4. The minimum atomic E-state index is -1.93. The van der Waals surface area contributed by atoms with Gasteiger partial charge in [-0.1, -0.05) is 32.4 Å². The van der Waals surface area contributed by atoms with E-state index in [9.17, 15) is 35.1 Å². The van der Waals surface area contributed by atoms with Crippen molar-refractivity contribution in [2.75, 3.05) is 0 Å². The molecule has 0 aromatic heterocycles. The van der Waals surface area contributed by atoms with Crippen LogP contribution in [0.3, 0.4) is 0 Å². The fourth-order valence-corrected chi connectivity index (χ4v) is 6.76. The zero-order chi connectivity index (χ0) is 24.7. The van der Waals surface area contributed by atoms with Gasteiger partial charge in [-0.3, -0.25) is 4.79 Å². The van der Waals surface area contributed by atoms with Gasteiger partial charge in [-0.2, -0.15) is 0 Å². The number of carbonyl (C=O) groups excluding carboxylic acids is 2. The van der Waals surface area contributed by atoms with Crippen molar-refractivity contribution in [3.8, 4) is 5.75 Å². The Hall–Kier alpha value is -1.97. The number of ether oxygens (including phenoxy) is 1. The molecule has 0 saturated heterocycles. The first kappa shape index (κ1) is 24.2. The van der Waals surface area contributed by atoms with Crippen LogP contribution in [-0.2, 0) is 16.1 Å². The van der Waals surface area contributed by atoms with E-state index >= 15 is 0 Å². The molecule has 0 bridgehead atoms. The number of hydrogen-bond acceptors (Lipinski definition) is 8. The molecular formula is C24H29ClO8. The molecule has 3 aliphatic carbocycles. The summed E-state index contributed by atoms with van der Waals surface area (Å²) in [5, 5.41) is 53.9. The number of carbonyl (C=O) groups is 2. The highest BCUT2D eigenvalue weighted by Gasteiger charge is 2.77. The van der Waals surface area contributed by atoms with E-state index in [1.54, 1.807) is 6.92 Å². The number of aromatic hydroxyl groups is 1. The Morgan fingerprint density at radius 3 is 2.52 bits per heavy atom. The monoisotopic (exact) mass is 480 g/mol. The largest absolute Gasteiger partial charge is 0.507 e. The third kappa shape index (κ3) is 2.98. The summed E-state index contributed by atoms with van der Waals surface area (Å²) in [5.74, 6) is -2.16. The third-order valence-electron chi connectivity index (χ3n) is 8.18. The summed E-state index contributed by atoms with van der Waals surface area (Å²) < 4.78 is 5.57. The summed E-state index contributed by atoms with van der Waals surface area (Å²) in [6.07, 6.45) is -0.0803. The molecule has 8 nitrogen and oxygen atoms in total. The van der Waals surface area contributed by atoms with Crippen LogP contribution in [0.5, 0.6) is 5.75 Å².